The lowest BCUT2D eigenvalue weighted by Gasteiger charge is -2.46. The highest BCUT2D eigenvalue weighted by atomic mass is 79.9. The molecular formula is C26H33BrClN5O4. The van der Waals surface area contributed by atoms with Crippen molar-refractivity contribution in [3.05, 3.63) is 31.5 Å². The Balaban J connectivity index is 1.89. The molecule has 2 aromatic rings. The molecule has 200 valence electrons. The molecule has 0 N–H and O–H groups in total. The summed E-state index contributed by atoms with van der Waals surface area (Å²) in [5.74, 6) is 0.494. The number of piperazine rings is 1. The van der Waals surface area contributed by atoms with E-state index in [-0.39, 0.29) is 41.9 Å². The van der Waals surface area contributed by atoms with Crippen LogP contribution in [0.3, 0.4) is 0 Å². The number of likely N-dealkylation sites (N-methyl/N-ethyl adjacent to an activating group) is 1. The highest BCUT2D eigenvalue weighted by molar-refractivity contribution is 9.10. The van der Waals surface area contributed by atoms with Gasteiger partial charge in [-0.2, -0.15) is 5.26 Å². The summed E-state index contributed by atoms with van der Waals surface area (Å²) in [4.78, 5) is 32.5. The highest BCUT2D eigenvalue weighted by Gasteiger charge is 2.38. The van der Waals surface area contributed by atoms with Crippen molar-refractivity contribution >= 4 is 50.2 Å². The summed E-state index contributed by atoms with van der Waals surface area (Å²) in [6.45, 7) is 11.1. The first-order chi connectivity index (χ1) is 17.2. The summed E-state index contributed by atoms with van der Waals surface area (Å²) in [7, 11) is 3.87. The SMILES string of the molecule is CC1CN(c2c(C#N)c(=O)n3c4c(c(Br)c(Cl)cc24)OC[C@@H]3CN(C)C)C(C)CN1C(=O)OC(C)(C)C. The number of hydrogen-bond acceptors (Lipinski definition) is 7. The fraction of sp³-hybridized carbons (Fsp3) is 0.577. The van der Waals surface area contributed by atoms with Gasteiger partial charge in [0, 0.05) is 37.1 Å². The Kier molecular flexibility index (Phi) is 7.45. The second-order valence-corrected chi connectivity index (χ2v) is 12.3. The van der Waals surface area contributed by atoms with Crippen LogP contribution in [-0.4, -0.2) is 78.5 Å². The number of benzene rings is 1. The van der Waals surface area contributed by atoms with Gasteiger partial charge in [0.05, 0.1) is 26.7 Å². The number of ether oxygens (including phenoxy) is 2. The monoisotopic (exact) mass is 593 g/mol. The van der Waals surface area contributed by atoms with E-state index in [1.54, 1.807) is 15.5 Å². The maximum atomic E-state index is 13.9. The van der Waals surface area contributed by atoms with E-state index in [1.165, 1.54) is 0 Å². The zero-order chi connectivity index (χ0) is 27.4. The Hall–Kier alpha value is -2.48. The standard InChI is InChI=1S/C26H33BrClN5O4/c1-14-11-32(25(35)37-26(3,4)5)15(2)10-31(14)21-17-8-19(28)20(27)23-22(17)33(24(34)18(21)9-29)16(13-36-23)12-30(6)7/h8,14-16H,10-13H2,1-7H3/t14?,15?,16-/m0/s1. The Morgan fingerprint density at radius 2 is 1.97 bits per heavy atom. The van der Waals surface area contributed by atoms with Crippen LogP contribution in [0.25, 0.3) is 10.9 Å². The smallest absolute Gasteiger partial charge is 0.410 e. The van der Waals surface area contributed by atoms with Crippen LogP contribution in [0.2, 0.25) is 5.02 Å². The molecule has 37 heavy (non-hydrogen) atoms. The third kappa shape index (κ3) is 5.01. The van der Waals surface area contributed by atoms with Gasteiger partial charge in [0.15, 0.2) is 5.75 Å². The van der Waals surface area contributed by atoms with Crippen molar-refractivity contribution in [3.8, 4) is 11.8 Å². The van der Waals surface area contributed by atoms with Crippen LogP contribution in [0, 0.1) is 11.3 Å². The molecule has 11 heteroatoms. The van der Waals surface area contributed by atoms with Gasteiger partial charge in [0.1, 0.15) is 23.8 Å². The van der Waals surface area contributed by atoms with Gasteiger partial charge in [-0.15, -0.1) is 0 Å². The van der Waals surface area contributed by atoms with Crippen LogP contribution in [0.15, 0.2) is 15.3 Å². The van der Waals surface area contributed by atoms with E-state index in [2.05, 4.69) is 22.0 Å². The predicted molar refractivity (Wildman–Crippen MR) is 148 cm³/mol. The van der Waals surface area contributed by atoms with Gasteiger partial charge in [-0.1, -0.05) is 11.6 Å². The summed E-state index contributed by atoms with van der Waals surface area (Å²) in [6.07, 6.45) is -0.379. The van der Waals surface area contributed by atoms with Gasteiger partial charge < -0.3 is 24.2 Å². The normalized spacial score (nSPS) is 21.7. The number of rotatable bonds is 3. The first-order valence-electron chi connectivity index (χ1n) is 12.3. The van der Waals surface area contributed by atoms with E-state index in [0.717, 1.165) is 0 Å². The molecule has 4 rings (SSSR count). The van der Waals surface area contributed by atoms with E-state index in [4.69, 9.17) is 21.1 Å². The molecule has 3 heterocycles. The molecule has 1 fully saturated rings. The third-order valence-corrected chi connectivity index (χ3v) is 8.00. The number of carbonyl (C=O) groups excluding carboxylic acids is 1. The molecular weight excluding hydrogens is 562 g/mol. The Bertz CT molecular complexity index is 1350. The predicted octanol–water partition coefficient (Wildman–Crippen LogP) is 4.62. The first-order valence-corrected chi connectivity index (χ1v) is 13.5. The second kappa shape index (κ2) is 10.0. The van der Waals surface area contributed by atoms with Crippen LogP contribution in [0.5, 0.6) is 5.75 Å². The molecule has 2 aliphatic rings. The summed E-state index contributed by atoms with van der Waals surface area (Å²) >= 11 is 10.1. The van der Waals surface area contributed by atoms with Crippen LogP contribution in [-0.2, 0) is 4.74 Å². The lowest BCUT2D eigenvalue weighted by Crippen LogP contribution is -2.59. The van der Waals surface area contributed by atoms with Crippen LogP contribution in [0.4, 0.5) is 10.5 Å². The van der Waals surface area contributed by atoms with E-state index in [9.17, 15) is 14.9 Å². The van der Waals surface area contributed by atoms with Crippen molar-refractivity contribution in [2.24, 2.45) is 0 Å². The van der Waals surface area contributed by atoms with Crippen molar-refractivity contribution in [2.45, 2.75) is 58.3 Å². The topological polar surface area (TPSA) is 91.0 Å². The van der Waals surface area contributed by atoms with Crippen molar-refractivity contribution in [2.75, 3.05) is 45.2 Å². The first kappa shape index (κ1) is 27.6. The Morgan fingerprint density at radius 3 is 2.57 bits per heavy atom. The lowest BCUT2D eigenvalue weighted by atomic mass is 10.0. The van der Waals surface area contributed by atoms with Crippen molar-refractivity contribution < 1.29 is 14.3 Å². The minimum atomic E-state index is -0.608. The fourth-order valence-electron chi connectivity index (χ4n) is 5.17. The number of aromatic nitrogens is 1. The van der Waals surface area contributed by atoms with Gasteiger partial charge in [-0.3, -0.25) is 9.36 Å². The maximum Gasteiger partial charge on any atom is 0.410 e. The molecule has 0 aliphatic carbocycles. The fourth-order valence-corrected chi connectivity index (χ4v) is 5.78. The zero-order valence-corrected chi connectivity index (χ0v) is 24.6. The van der Waals surface area contributed by atoms with Crippen molar-refractivity contribution in [3.63, 3.8) is 0 Å². The zero-order valence-electron chi connectivity index (χ0n) is 22.3. The van der Waals surface area contributed by atoms with Gasteiger partial charge in [-0.05, 0) is 70.7 Å². The number of carbonyl (C=O) groups is 1. The van der Waals surface area contributed by atoms with Gasteiger partial charge in [-0.25, -0.2) is 4.79 Å². The number of amides is 1. The van der Waals surface area contributed by atoms with E-state index >= 15 is 0 Å². The van der Waals surface area contributed by atoms with Gasteiger partial charge in [0.2, 0.25) is 0 Å². The highest BCUT2D eigenvalue weighted by Crippen LogP contribution is 2.46. The molecule has 0 saturated carbocycles. The number of pyridine rings is 1. The van der Waals surface area contributed by atoms with Gasteiger partial charge in [0.25, 0.3) is 5.56 Å². The van der Waals surface area contributed by atoms with E-state index in [0.29, 0.717) is 51.5 Å². The molecule has 1 amide bonds. The molecule has 1 aromatic heterocycles. The quantitative estimate of drug-likeness (QED) is 0.512. The molecule has 9 nitrogen and oxygen atoms in total. The molecule has 2 unspecified atom stereocenters. The summed E-state index contributed by atoms with van der Waals surface area (Å²) in [6, 6.07) is 3.30. The van der Waals surface area contributed by atoms with Crippen molar-refractivity contribution in [1.29, 1.82) is 5.26 Å². The average Bonchev–Trinajstić information content (AvgIpc) is 2.79. The molecule has 3 atom stereocenters. The maximum absolute atomic E-state index is 13.9. The number of halogens is 2. The third-order valence-electron chi connectivity index (χ3n) is 6.69. The molecule has 1 saturated heterocycles. The van der Waals surface area contributed by atoms with Crippen LogP contribution >= 0.6 is 27.5 Å². The largest absolute Gasteiger partial charge is 0.488 e. The Morgan fingerprint density at radius 1 is 1.30 bits per heavy atom. The molecule has 0 spiro atoms. The Labute approximate surface area is 230 Å². The molecule has 1 aromatic carbocycles. The number of nitrogens with zero attached hydrogens (tertiary/aromatic N) is 5. The minimum absolute atomic E-state index is 0.0623. The number of anilines is 1. The van der Waals surface area contributed by atoms with Gasteiger partial charge >= 0.3 is 6.09 Å². The van der Waals surface area contributed by atoms with Crippen LogP contribution in [0.1, 0.15) is 46.2 Å². The average molecular weight is 595 g/mol. The molecule has 0 bridgehead atoms. The van der Waals surface area contributed by atoms with Crippen molar-refractivity contribution in [1.82, 2.24) is 14.4 Å². The lowest BCUT2D eigenvalue weighted by molar-refractivity contribution is 0.0130. The summed E-state index contributed by atoms with van der Waals surface area (Å²) in [5.41, 5.74) is 0.232. The summed E-state index contributed by atoms with van der Waals surface area (Å²) < 4.78 is 14.0. The second-order valence-electron chi connectivity index (χ2n) is 11.1. The number of hydrogen-bond donors (Lipinski definition) is 0. The van der Waals surface area contributed by atoms with E-state index in [1.807, 2.05) is 58.5 Å². The molecule has 2 aliphatic heterocycles. The minimum Gasteiger partial charge on any atom is -0.488 e. The van der Waals surface area contributed by atoms with E-state index < -0.39 is 5.60 Å². The summed E-state index contributed by atoms with van der Waals surface area (Å²) in [5, 5.41) is 11.4. The van der Waals surface area contributed by atoms with Crippen LogP contribution < -0.4 is 15.2 Å². The number of nitriles is 1. The molecule has 0 radical (unpaired) electrons.